The fraction of sp³-hybridized carbons (Fsp3) is 0.500. The molecule has 4 heteroatoms. The van der Waals surface area contributed by atoms with Crippen LogP contribution >= 0.6 is 0 Å². The van der Waals surface area contributed by atoms with Crippen LogP contribution in [0.5, 0.6) is 0 Å². The zero-order valence-electron chi connectivity index (χ0n) is 11.4. The molecule has 1 amide bonds. The first-order valence-corrected chi connectivity index (χ1v) is 7.28. The number of ketones is 1. The average Bonchev–Trinajstić information content (AvgIpc) is 2.61. The molecule has 0 bridgehead atoms. The molecule has 1 saturated carbocycles. The number of Topliss-reactive ketones (excluding diaryl/α,β-unsaturated/α-hetero) is 1. The monoisotopic (exact) mass is 273 g/mol. The van der Waals surface area contributed by atoms with E-state index in [-0.39, 0.29) is 12.0 Å². The van der Waals surface area contributed by atoms with Crippen molar-refractivity contribution >= 4 is 17.4 Å². The minimum atomic E-state index is -0.402. The first-order valence-electron chi connectivity index (χ1n) is 7.28. The Morgan fingerprint density at radius 2 is 1.75 bits per heavy atom. The van der Waals surface area contributed by atoms with Crippen LogP contribution in [0.4, 0.5) is 5.69 Å². The van der Waals surface area contributed by atoms with Gasteiger partial charge in [0.25, 0.3) is 5.91 Å². The molecule has 1 atom stereocenters. The van der Waals surface area contributed by atoms with Crippen LogP contribution in [-0.4, -0.2) is 23.9 Å². The van der Waals surface area contributed by atoms with Crippen molar-refractivity contribution in [3.05, 3.63) is 29.8 Å². The molecule has 1 aromatic rings. The topological polar surface area (TPSA) is 55.4 Å². The molecule has 0 radical (unpaired) electrons. The van der Waals surface area contributed by atoms with E-state index in [4.69, 9.17) is 4.74 Å². The molecular weight excluding hydrogens is 254 g/mol. The highest BCUT2D eigenvalue weighted by Crippen LogP contribution is 2.26. The van der Waals surface area contributed by atoms with Gasteiger partial charge < -0.3 is 10.1 Å². The molecule has 1 heterocycles. The van der Waals surface area contributed by atoms with Crippen molar-refractivity contribution in [2.45, 2.75) is 50.7 Å². The number of anilines is 1. The number of rotatable bonds is 2. The number of nitrogens with one attached hydrogen (secondary N) is 1. The first-order chi connectivity index (χ1) is 9.72. The second-order valence-corrected chi connectivity index (χ2v) is 5.55. The van der Waals surface area contributed by atoms with Gasteiger partial charge in [0.15, 0.2) is 0 Å². The minimum Gasteiger partial charge on any atom is -0.365 e. The standard InChI is InChI=1S/C16H19NO3/c18-12-6-8-13(9-7-12)20-15-10-5-11-3-1-2-4-14(11)17-16(15)19/h1-4,13,15H,5-10H2,(H,17,19). The Morgan fingerprint density at radius 3 is 2.55 bits per heavy atom. The Kier molecular flexibility index (Phi) is 3.83. The third-order valence-electron chi connectivity index (χ3n) is 4.09. The minimum absolute atomic E-state index is 0.0460. The number of carbonyl (C=O) groups excluding carboxylic acids is 2. The van der Waals surface area contributed by atoms with Gasteiger partial charge in [0.2, 0.25) is 0 Å². The summed E-state index contributed by atoms with van der Waals surface area (Å²) in [5.41, 5.74) is 2.05. The van der Waals surface area contributed by atoms with Gasteiger partial charge in [-0.3, -0.25) is 9.59 Å². The smallest absolute Gasteiger partial charge is 0.253 e. The third-order valence-corrected chi connectivity index (χ3v) is 4.09. The van der Waals surface area contributed by atoms with Gasteiger partial charge in [-0.15, -0.1) is 0 Å². The quantitative estimate of drug-likeness (QED) is 0.900. The molecule has 106 valence electrons. The van der Waals surface area contributed by atoms with Gasteiger partial charge in [0, 0.05) is 18.5 Å². The first kappa shape index (κ1) is 13.3. The Labute approximate surface area is 118 Å². The Bertz CT molecular complexity index is 516. The number of benzene rings is 1. The van der Waals surface area contributed by atoms with Gasteiger partial charge in [-0.1, -0.05) is 18.2 Å². The second-order valence-electron chi connectivity index (χ2n) is 5.55. The van der Waals surface area contributed by atoms with Gasteiger partial charge in [-0.2, -0.15) is 0 Å². The highest BCUT2D eigenvalue weighted by Gasteiger charge is 2.28. The molecule has 1 aliphatic heterocycles. The van der Waals surface area contributed by atoms with Crippen LogP contribution in [0, 0.1) is 0 Å². The van der Waals surface area contributed by atoms with E-state index in [0.717, 1.165) is 30.5 Å². The van der Waals surface area contributed by atoms with Gasteiger partial charge in [0.05, 0.1) is 6.10 Å². The Hall–Kier alpha value is -1.68. The maximum absolute atomic E-state index is 12.2. The van der Waals surface area contributed by atoms with Crippen LogP contribution in [0.1, 0.15) is 37.7 Å². The number of para-hydroxylation sites is 1. The molecule has 3 rings (SSSR count). The van der Waals surface area contributed by atoms with Gasteiger partial charge in [0.1, 0.15) is 11.9 Å². The lowest BCUT2D eigenvalue weighted by atomic mass is 9.96. The molecule has 0 aromatic heterocycles. The van der Waals surface area contributed by atoms with Gasteiger partial charge >= 0.3 is 0 Å². The van der Waals surface area contributed by atoms with Crippen molar-refractivity contribution in [2.75, 3.05) is 5.32 Å². The van der Waals surface area contributed by atoms with Crippen molar-refractivity contribution in [1.82, 2.24) is 0 Å². The van der Waals surface area contributed by atoms with E-state index in [1.165, 1.54) is 0 Å². The Morgan fingerprint density at radius 1 is 1.00 bits per heavy atom. The summed E-state index contributed by atoms with van der Waals surface area (Å²) in [6.45, 7) is 0. The van der Waals surface area contributed by atoms with E-state index in [0.29, 0.717) is 25.0 Å². The SMILES string of the molecule is O=C1CCC(OC2CCc3ccccc3NC2=O)CC1. The summed E-state index contributed by atoms with van der Waals surface area (Å²) in [5, 5.41) is 2.94. The fourth-order valence-corrected chi connectivity index (χ4v) is 2.90. The molecule has 4 nitrogen and oxygen atoms in total. The van der Waals surface area contributed by atoms with E-state index in [1.54, 1.807) is 0 Å². The third kappa shape index (κ3) is 2.90. The molecular formula is C16H19NO3. The predicted octanol–water partition coefficient (Wildman–Crippen LogP) is 2.47. The molecule has 1 aromatic carbocycles. The van der Waals surface area contributed by atoms with E-state index < -0.39 is 6.10 Å². The zero-order chi connectivity index (χ0) is 13.9. The van der Waals surface area contributed by atoms with Crippen molar-refractivity contribution in [3.8, 4) is 0 Å². The van der Waals surface area contributed by atoms with Crippen LogP contribution in [0.2, 0.25) is 0 Å². The lowest BCUT2D eigenvalue weighted by Gasteiger charge is -2.25. The molecule has 1 unspecified atom stereocenters. The van der Waals surface area contributed by atoms with Crippen molar-refractivity contribution in [1.29, 1.82) is 0 Å². The van der Waals surface area contributed by atoms with Crippen LogP contribution < -0.4 is 5.32 Å². The number of ether oxygens (including phenoxy) is 1. The number of carbonyl (C=O) groups is 2. The summed E-state index contributed by atoms with van der Waals surface area (Å²) in [5.74, 6) is 0.245. The van der Waals surface area contributed by atoms with Crippen LogP contribution in [-0.2, 0) is 20.7 Å². The molecule has 20 heavy (non-hydrogen) atoms. The van der Waals surface area contributed by atoms with E-state index in [2.05, 4.69) is 5.32 Å². The summed E-state index contributed by atoms with van der Waals surface area (Å²) in [4.78, 5) is 23.4. The molecule has 1 fully saturated rings. The summed E-state index contributed by atoms with van der Waals surface area (Å²) in [6, 6.07) is 7.87. The molecule has 0 spiro atoms. The van der Waals surface area contributed by atoms with Gasteiger partial charge in [-0.05, 0) is 37.3 Å². The largest absolute Gasteiger partial charge is 0.365 e. The van der Waals surface area contributed by atoms with E-state index in [1.807, 2.05) is 24.3 Å². The summed E-state index contributed by atoms with van der Waals surface area (Å²) < 4.78 is 5.94. The lowest BCUT2D eigenvalue weighted by Crippen LogP contribution is -2.34. The maximum Gasteiger partial charge on any atom is 0.253 e. The Balaban J connectivity index is 1.64. The van der Waals surface area contributed by atoms with Crippen LogP contribution in [0.3, 0.4) is 0 Å². The highest BCUT2D eigenvalue weighted by atomic mass is 16.5. The molecule has 1 N–H and O–H groups in total. The van der Waals surface area contributed by atoms with Crippen molar-refractivity contribution in [3.63, 3.8) is 0 Å². The average molecular weight is 273 g/mol. The number of aryl methyl sites for hydroxylation is 1. The number of hydrogen-bond acceptors (Lipinski definition) is 3. The maximum atomic E-state index is 12.2. The lowest BCUT2D eigenvalue weighted by molar-refractivity contribution is -0.135. The molecule has 2 aliphatic rings. The van der Waals surface area contributed by atoms with Gasteiger partial charge in [-0.25, -0.2) is 0 Å². The van der Waals surface area contributed by atoms with E-state index >= 15 is 0 Å². The normalized spacial score (nSPS) is 23.9. The number of hydrogen-bond donors (Lipinski definition) is 1. The summed E-state index contributed by atoms with van der Waals surface area (Å²) >= 11 is 0. The van der Waals surface area contributed by atoms with Crippen molar-refractivity contribution < 1.29 is 14.3 Å². The summed E-state index contributed by atoms with van der Waals surface area (Å²) in [7, 11) is 0. The van der Waals surface area contributed by atoms with Crippen LogP contribution in [0.25, 0.3) is 0 Å². The predicted molar refractivity (Wildman–Crippen MR) is 75.5 cm³/mol. The fourth-order valence-electron chi connectivity index (χ4n) is 2.90. The van der Waals surface area contributed by atoms with E-state index in [9.17, 15) is 9.59 Å². The summed E-state index contributed by atoms with van der Waals surface area (Å²) in [6.07, 6.45) is 3.84. The van der Waals surface area contributed by atoms with Crippen LogP contribution in [0.15, 0.2) is 24.3 Å². The molecule has 1 aliphatic carbocycles. The zero-order valence-corrected chi connectivity index (χ0v) is 11.4. The highest BCUT2D eigenvalue weighted by molar-refractivity contribution is 5.95. The second kappa shape index (κ2) is 5.75. The molecule has 0 saturated heterocycles. The van der Waals surface area contributed by atoms with Crippen molar-refractivity contribution in [2.24, 2.45) is 0 Å². The number of fused-ring (bicyclic) bond motifs is 1. The number of amides is 1.